The molecule has 3 fully saturated rings. The molecule has 4 N–H and O–H groups in total. The van der Waals surface area contributed by atoms with Crippen molar-refractivity contribution in [2.75, 3.05) is 76.7 Å². The first-order valence-electron chi connectivity index (χ1n) is 22.1. The van der Waals surface area contributed by atoms with Gasteiger partial charge in [-0.15, -0.1) is 0 Å². The number of anilines is 2. The number of aliphatic hydroxyl groups is 2. The predicted octanol–water partition coefficient (Wildman–Crippen LogP) is 8.47. The molecule has 2 aromatic rings. The van der Waals surface area contributed by atoms with E-state index in [1.807, 2.05) is 0 Å². The third-order valence-corrected chi connectivity index (χ3v) is 14.6. The molecule has 1 aliphatic carbocycles. The van der Waals surface area contributed by atoms with E-state index in [1.54, 1.807) is 53.3 Å². The summed E-state index contributed by atoms with van der Waals surface area (Å²) < 4.78 is 34.8. The molecule has 358 valence electrons. The lowest BCUT2D eigenvalue weighted by Crippen LogP contribution is -2.38. The molecule has 0 spiro atoms. The molecule has 2 saturated heterocycles. The predicted molar refractivity (Wildman–Crippen MR) is 254 cm³/mol. The fourth-order valence-electron chi connectivity index (χ4n) is 8.05. The van der Waals surface area contributed by atoms with E-state index in [0.29, 0.717) is 49.4 Å². The summed E-state index contributed by atoms with van der Waals surface area (Å²) >= 11 is 0. The standard InChI is InChI=1S/C47H66N4O12S2/c1-9-64-65-47(15-11-12-16-47)29-62-44(56)48-36-23-40(38(58-7)21-34(36)42(54)50-25-30(2)19-32(50)27-52)60-17-13-10-14-18-61-41-24-37(49-45(57)63-46(4,5)6)35(22-39(41)59-8)43(55)51-26-31(3)20-33(51)28-53/h21-24,32-33,52-53H,2-3,9-20,25-29H2,1,4-8H3,(H,48,56)(H,49,57)/t32-,33-/m0/s1. The van der Waals surface area contributed by atoms with E-state index in [9.17, 15) is 29.4 Å². The number of amides is 4. The number of carbonyl (C=O) groups excluding carboxylic acids is 4. The highest BCUT2D eigenvalue weighted by Gasteiger charge is 2.38. The van der Waals surface area contributed by atoms with Gasteiger partial charge in [-0.3, -0.25) is 20.2 Å². The van der Waals surface area contributed by atoms with Gasteiger partial charge in [0.1, 0.15) is 12.2 Å². The van der Waals surface area contributed by atoms with Crippen LogP contribution in [0.3, 0.4) is 0 Å². The summed E-state index contributed by atoms with van der Waals surface area (Å²) in [6.07, 6.45) is 5.44. The van der Waals surface area contributed by atoms with Crippen molar-refractivity contribution in [2.24, 2.45) is 0 Å². The summed E-state index contributed by atoms with van der Waals surface area (Å²) in [6.45, 7) is 16.2. The fraction of sp³-hybridized carbons (Fsp3) is 0.574. The van der Waals surface area contributed by atoms with Gasteiger partial charge in [-0.1, -0.05) is 65.7 Å². The van der Waals surface area contributed by atoms with Crippen molar-refractivity contribution in [2.45, 2.75) is 108 Å². The Morgan fingerprint density at radius 1 is 0.754 bits per heavy atom. The van der Waals surface area contributed by atoms with Gasteiger partial charge in [0.25, 0.3) is 11.8 Å². The van der Waals surface area contributed by atoms with Gasteiger partial charge in [0.05, 0.1) is 80.0 Å². The van der Waals surface area contributed by atoms with Gasteiger partial charge in [-0.25, -0.2) is 9.59 Å². The molecule has 18 heteroatoms. The average molecular weight is 943 g/mol. The van der Waals surface area contributed by atoms with Gasteiger partial charge in [0.2, 0.25) is 0 Å². The lowest BCUT2D eigenvalue weighted by atomic mass is 10.1. The topological polar surface area (TPSA) is 195 Å². The molecule has 2 aromatic carbocycles. The number of nitrogens with zero attached hydrogens (tertiary/aromatic N) is 2. The van der Waals surface area contributed by atoms with Gasteiger partial charge in [-0.2, -0.15) is 0 Å². The highest BCUT2D eigenvalue weighted by molar-refractivity contribution is 8.77. The molecule has 4 amide bonds. The third-order valence-electron chi connectivity index (χ3n) is 11.2. The van der Waals surface area contributed by atoms with Gasteiger partial charge in [-0.05, 0) is 77.8 Å². The second kappa shape index (κ2) is 23.6. The molecule has 16 nitrogen and oxygen atoms in total. The van der Waals surface area contributed by atoms with Gasteiger partial charge in [0.15, 0.2) is 23.0 Å². The van der Waals surface area contributed by atoms with Crippen LogP contribution in [-0.4, -0.2) is 133 Å². The lowest BCUT2D eigenvalue weighted by Gasteiger charge is -2.27. The molecule has 5 rings (SSSR count). The zero-order valence-electron chi connectivity index (χ0n) is 38.6. The van der Waals surface area contributed by atoms with Crippen LogP contribution in [0.25, 0.3) is 0 Å². The van der Waals surface area contributed by atoms with Crippen LogP contribution in [0.4, 0.5) is 21.0 Å². The first-order chi connectivity index (χ1) is 31.0. The van der Waals surface area contributed by atoms with Crippen LogP contribution in [0.5, 0.6) is 23.0 Å². The van der Waals surface area contributed by atoms with E-state index in [-0.39, 0.29) is 79.1 Å². The molecule has 0 bridgehead atoms. The van der Waals surface area contributed by atoms with E-state index in [4.69, 9.17) is 28.4 Å². The molecule has 2 heterocycles. The number of nitrogens with one attached hydrogen (secondary N) is 2. The van der Waals surface area contributed by atoms with Crippen molar-refractivity contribution in [1.82, 2.24) is 9.80 Å². The number of ether oxygens (including phenoxy) is 6. The minimum absolute atomic E-state index is 0.142. The van der Waals surface area contributed by atoms with Gasteiger partial charge in [0, 0.05) is 31.0 Å². The zero-order chi connectivity index (χ0) is 47.3. The number of benzene rings is 2. The van der Waals surface area contributed by atoms with E-state index < -0.39 is 41.7 Å². The second-order valence-corrected chi connectivity index (χ2v) is 20.6. The minimum atomic E-state index is -0.793. The average Bonchev–Trinajstić information content (AvgIpc) is 4.01. The largest absolute Gasteiger partial charge is 0.493 e. The normalized spacial score (nSPS) is 18.1. The maximum atomic E-state index is 14.0. The molecule has 2 atom stereocenters. The maximum Gasteiger partial charge on any atom is 0.412 e. The van der Waals surface area contributed by atoms with Crippen LogP contribution < -0.4 is 29.6 Å². The molecule has 65 heavy (non-hydrogen) atoms. The van der Waals surface area contributed by atoms with Crippen molar-refractivity contribution >= 4 is 57.0 Å². The van der Waals surface area contributed by atoms with Crippen LogP contribution in [0.15, 0.2) is 48.6 Å². The molecular formula is C47H66N4O12S2. The van der Waals surface area contributed by atoms with Crippen molar-refractivity contribution in [3.8, 4) is 23.0 Å². The number of rotatable bonds is 21. The first-order valence-corrected chi connectivity index (χ1v) is 24.5. The number of likely N-dealkylation sites (tertiary alicyclic amines) is 2. The number of aliphatic hydroxyl groups excluding tert-OH is 2. The Hall–Kier alpha value is -4.78. The van der Waals surface area contributed by atoms with E-state index in [1.165, 1.54) is 37.3 Å². The van der Waals surface area contributed by atoms with Crippen molar-refractivity contribution in [3.05, 3.63) is 59.7 Å². The van der Waals surface area contributed by atoms with Crippen LogP contribution in [-0.2, 0) is 9.47 Å². The number of methoxy groups -OCH3 is 2. The number of hydrogen-bond donors (Lipinski definition) is 4. The van der Waals surface area contributed by atoms with Crippen molar-refractivity contribution in [3.63, 3.8) is 0 Å². The van der Waals surface area contributed by atoms with Crippen molar-refractivity contribution < 1.29 is 57.8 Å². The summed E-state index contributed by atoms with van der Waals surface area (Å²) in [6, 6.07) is 5.24. The summed E-state index contributed by atoms with van der Waals surface area (Å²) in [5, 5.41) is 25.5. The Balaban J connectivity index is 1.25. The van der Waals surface area contributed by atoms with E-state index >= 15 is 0 Å². The van der Waals surface area contributed by atoms with E-state index in [2.05, 4.69) is 30.7 Å². The molecule has 0 radical (unpaired) electrons. The van der Waals surface area contributed by atoms with E-state index in [0.717, 1.165) is 42.6 Å². The summed E-state index contributed by atoms with van der Waals surface area (Å²) in [7, 11) is 6.46. The quantitative estimate of drug-likeness (QED) is 0.0529. The molecule has 1 saturated carbocycles. The van der Waals surface area contributed by atoms with Crippen LogP contribution >= 0.6 is 21.6 Å². The highest BCUT2D eigenvalue weighted by Crippen LogP contribution is 2.47. The van der Waals surface area contributed by atoms with Crippen LogP contribution in [0.1, 0.15) is 106 Å². The number of unbranched alkanes of at least 4 members (excludes halogenated alkanes) is 2. The Bertz CT molecular complexity index is 2040. The maximum absolute atomic E-state index is 14.0. The Morgan fingerprint density at radius 3 is 1.66 bits per heavy atom. The molecule has 2 aliphatic heterocycles. The van der Waals surface area contributed by atoms with Crippen molar-refractivity contribution in [1.29, 1.82) is 0 Å². The van der Waals surface area contributed by atoms with Gasteiger partial charge >= 0.3 is 12.2 Å². The first kappa shape index (κ1) is 51.2. The Kier molecular flexibility index (Phi) is 18.6. The smallest absolute Gasteiger partial charge is 0.412 e. The molecule has 0 unspecified atom stereocenters. The lowest BCUT2D eigenvalue weighted by molar-refractivity contribution is 0.0634. The zero-order valence-corrected chi connectivity index (χ0v) is 40.2. The van der Waals surface area contributed by atoms with Crippen LogP contribution in [0, 0.1) is 0 Å². The highest BCUT2D eigenvalue weighted by atomic mass is 33.1. The summed E-state index contributed by atoms with van der Waals surface area (Å²) in [4.78, 5) is 57.3. The Labute approximate surface area is 390 Å². The van der Waals surface area contributed by atoms with Gasteiger partial charge < -0.3 is 48.4 Å². The minimum Gasteiger partial charge on any atom is -0.493 e. The SMILES string of the molecule is C=C1C[C@@H](CO)N(C(=O)c2cc(OC)c(OCCCCCOc3cc(NC(=O)OC(C)(C)C)c(C(=O)N4CC(=C)C[C@H]4CO)cc3OC)cc2NC(=O)OCC2(SSCC)CCCC2)C1. The summed E-state index contributed by atoms with van der Waals surface area (Å²) in [5.41, 5.74) is 1.49. The Morgan fingerprint density at radius 2 is 1.23 bits per heavy atom. The molecular weight excluding hydrogens is 877 g/mol. The van der Waals surface area contributed by atoms with Crippen LogP contribution in [0.2, 0.25) is 0 Å². The number of carbonyl (C=O) groups is 4. The summed E-state index contributed by atoms with van der Waals surface area (Å²) in [5.74, 6) is 1.31. The fourth-order valence-corrected chi connectivity index (χ4v) is 10.7. The number of hydrogen-bond acceptors (Lipinski definition) is 14. The third kappa shape index (κ3) is 13.9. The molecule has 0 aromatic heterocycles. The molecule has 3 aliphatic rings. The monoisotopic (exact) mass is 942 g/mol. The second-order valence-electron chi connectivity index (χ2n) is 17.5.